The Morgan fingerprint density at radius 2 is 2.24 bits per heavy atom. The van der Waals surface area contributed by atoms with E-state index in [4.69, 9.17) is 0 Å². The molecule has 2 aromatic rings. The molecule has 2 N–H and O–H groups in total. The molecule has 1 heterocycles. The van der Waals surface area contributed by atoms with Crippen LogP contribution < -0.4 is 5.32 Å². The van der Waals surface area contributed by atoms with E-state index in [1.807, 2.05) is 12.1 Å². The minimum Gasteiger partial charge on any atom is -0.366 e. The lowest BCUT2D eigenvalue weighted by molar-refractivity contribution is 1.05. The number of hydrogen-bond acceptors (Lipinski definition) is 2. The van der Waals surface area contributed by atoms with Gasteiger partial charge in [0.2, 0.25) is 0 Å². The predicted molar refractivity (Wildman–Crippen MR) is 73.1 cm³/mol. The summed E-state index contributed by atoms with van der Waals surface area (Å²) in [5.74, 6) is 0.988. The first kappa shape index (κ1) is 10.8. The maximum atomic E-state index is 4.35. The number of aromatic amines is 1. The van der Waals surface area contributed by atoms with E-state index in [1.54, 1.807) is 0 Å². The summed E-state index contributed by atoms with van der Waals surface area (Å²) in [6.07, 6.45) is 2.52. The van der Waals surface area contributed by atoms with Crippen LogP contribution in [0.25, 0.3) is 11.3 Å². The number of rotatable bonds is 3. The van der Waals surface area contributed by atoms with Crippen LogP contribution in [0.2, 0.25) is 0 Å². The lowest BCUT2D eigenvalue weighted by Crippen LogP contribution is -2.02. The second-order valence-corrected chi connectivity index (χ2v) is 5.42. The van der Waals surface area contributed by atoms with Gasteiger partial charge in [-0.15, -0.1) is 0 Å². The van der Waals surface area contributed by atoms with E-state index in [2.05, 4.69) is 50.5 Å². The van der Waals surface area contributed by atoms with Crippen LogP contribution in [0, 0.1) is 6.92 Å². The molecule has 1 saturated carbocycles. The Labute approximate surface area is 109 Å². The van der Waals surface area contributed by atoms with Crippen LogP contribution in [0.15, 0.2) is 28.7 Å². The Hall–Kier alpha value is -1.29. The van der Waals surface area contributed by atoms with Crippen molar-refractivity contribution in [3.63, 3.8) is 0 Å². The molecule has 1 aromatic carbocycles. The van der Waals surface area contributed by atoms with Gasteiger partial charge in [-0.2, -0.15) is 5.10 Å². The first-order valence-electron chi connectivity index (χ1n) is 5.81. The van der Waals surface area contributed by atoms with Crippen molar-refractivity contribution in [2.75, 3.05) is 5.32 Å². The second-order valence-electron chi connectivity index (χ2n) is 4.50. The molecule has 0 radical (unpaired) electrons. The van der Waals surface area contributed by atoms with Gasteiger partial charge in [-0.05, 0) is 31.9 Å². The van der Waals surface area contributed by atoms with Crippen molar-refractivity contribution in [3.05, 3.63) is 34.3 Å². The fourth-order valence-electron chi connectivity index (χ4n) is 1.88. The first-order valence-corrected chi connectivity index (χ1v) is 6.61. The van der Waals surface area contributed by atoms with E-state index in [-0.39, 0.29) is 0 Å². The molecule has 1 fully saturated rings. The topological polar surface area (TPSA) is 40.7 Å². The molecule has 3 rings (SSSR count). The van der Waals surface area contributed by atoms with Crippen molar-refractivity contribution in [1.82, 2.24) is 10.2 Å². The van der Waals surface area contributed by atoms with Crippen molar-refractivity contribution < 1.29 is 0 Å². The zero-order valence-electron chi connectivity index (χ0n) is 9.63. The van der Waals surface area contributed by atoms with Crippen LogP contribution in [0.1, 0.15) is 18.4 Å². The minimum absolute atomic E-state index is 0.632. The number of aromatic nitrogens is 2. The summed E-state index contributed by atoms with van der Waals surface area (Å²) >= 11 is 3.49. The Bertz CT molecular complexity index is 543. The lowest BCUT2D eigenvalue weighted by atomic mass is 10.1. The van der Waals surface area contributed by atoms with Gasteiger partial charge < -0.3 is 5.32 Å². The molecule has 3 nitrogen and oxygen atoms in total. The smallest absolute Gasteiger partial charge is 0.151 e. The number of H-pyrrole nitrogens is 1. The van der Waals surface area contributed by atoms with Gasteiger partial charge in [0.1, 0.15) is 0 Å². The molecule has 0 unspecified atom stereocenters. The summed E-state index contributed by atoms with van der Waals surface area (Å²) in [4.78, 5) is 0. The molecular formula is C13H14BrN3. The predicted octanol–water partition coefficient (Wildman–Crippen LogP) is 3.72. The van der Waals surface area contributed by atoms with E-state index in [1.165, 1.54) is 18.4 Å². The maximum Gasteiger partial charge on any atom is 0.151 e. The largest absolute Gasteiger partial charge is 0.366 e. The number of halogens is 1. The van der Waals surface area contributed by atoms with Gasteiger partial charge in [-0.25, -0.2) is 0 Å². The molecule has 1 aliphatic rings. The molecule has 0 saturated heterocycles. The van der Waals surface area contributed by atoms with Crippen LogP contribution in [0.4, 0.5) is 5.82 Å². The SMILES string of the molecule is Cc1c(NC2CC2)n[nH]c1-c1cccc(Br)c1. The molecule has 0 aliphatic heterocycles. The summed E-state index contributed by atoms with van der Waals surface area (Å²) in [5.41, 5.74) is 3.44. The lowest BCUT2D eigenvalue weighted by Gasteiger charge is -2.02. The molecular weight excluding hydrogens is 278 g/mol. The highest BCUT2D eigenvalue weighted by Gasteiger charge is 2.23. The summed E-state index contributed by atoms with van der Waals surface area (Å²) in [6, 6.07) is 8.88. The first-order chi connectivity index (χ1) is 8.24. The van der Waals surface area contributed by atoms with Crippen LogP contribution in [-0.4, -0.2) is 16.2 Å². The molecule has 0 atom stereocenters. The van der Waals surface area contributed by atoms with Crippen LogP contribution in [-0.2, 0) is 0 Å². The van der Waals surface area contributed by atoms with Crippen molar-refractivity contribution in [2.45, 2.75) is 25.8 Å². The van der Waals surface area contributed by atoms with E-state index in [0.717, 1.165) is 21.5 Å². The van der Waals surface area contributed by atoms with Crippen LogP contribution >= 0.6 is 15.9 Å². The third-order valence-corrected chi connectivity index (χ3v) is 3.53. The molecule has 17 heavy (non-hydrogen) atoms. The van der Waals surface area contributed by atoms with E-state index in [9.17, 15) is 0 Å². The van der Waals surface area contributed by atoms with Gasteiger partial charge >= 0.3 is 0 Å². The number of anilines is 1. The van der Waals surface area contributed by atoms with Crippen LogP contribution in [0.5, 0.6) is 0 Å². The summed E-state index contributed by atoms with van der Waals surface area (Å²) in [5, 5.41) is 10.9. The number of nitrogens with zero attached hydrogens (tertiary/aromatic N) is 1. The Kier molecular flexibility index (Phi) is 2.67. The average Bonchev–Trinajstić information content (AvgIpc) is 3.04. The molecule has 1 aromatic heterocycles. The minimum atomic E-state index is 0.632. The van der Waals surface area contributed by atoms with Gasteiger partial charge in [0.15, 0.2) is 5.82 Å². The maximum absolute atomic E-state index is 4.35. The Morgan fingerprint density at radius 3 is 2.94 bits per heavy atom. The second kappa shape index (κ2) is 4.18. The van der Waals surface area contributed by atoms with Crippen molar-refractivity contribution in [1.29, 1.82) is 0 Å². The van der Waals surface area contributed by atoms with Gasteiger partial charge in [-0.1, -0.05) is 28.1 Å². The number of benzene rings is 1. The zero-order valence-corrected chi connectivity index (χ0v) is 11.2. The van der Waals surface area contributed by atoms with Crippen molar-refractivity contribution >= 4 is 21.7 Å². The average molecular weight is 292 g/mol. The normalized spacial score (nSPS) is 14.9. The van der Waals surface area contributed by atoms with Gasteiger partial charge in [0.25, 0.3) is 0 Å². The number of hydrogen-bond donors (Lipinski definition) is 2. The Balaban J connectivity index is 1.94. The zero-order chi connectivity index (χ0) is 11.8. The standard InChI is InChI=1S/C13H14BrN3/c1-8-12(9-3-2-4-10(14)7-9)16-17-13(8)15-11-5-6-11/h2-4,7,11H,5-6H2,1H3,(H2,15,16,17). The van der Waals surface area contributed by atoms with Crippen molar-refractivity contribution in [3.8, 4) is 11.3 Å². The third-order valence-electron chi connectivity index (χ3n) is 3.04. The van der Waals surface area contributed by atoms with Crippen molar-refractivity contribution in [2.24, 2.45) is 0 Å². The fourth-order valence-corrected chi connectivity index (χ4v) is 2.28. The summed E-state index contributed by atoms with van der Waals surface area (Å²) in [6.45, 7) is 2.10. The van der Waals surface area contributed by atoms with Gasteiger partial charge in [-0.3, -0.25) is 5.10 Å². The highest BCUT2D eigenvalue weighted by atomic mass is 79.9. The third kappa shape index (κ3) is 2.22. The highest BCUT2D eigenvalue weighted by Crippen LogP contribution is 2.31. The van der Waals surface area contributed by atoms with Crippen LogP contribution in [0.3, 0.4) is 0 Å². The fraction of sp³-hybridized carbons (Fsp3) is 0.308. The van der Waals surface area contributed by atoms with E-state index < -0.39 is 0 Å². The molecule has 0 spiro atoms. The molecule has 88 valence electrons. The number of nitrogens with one attached hydrogen (secondary N) is 2. The quantitative estimate of drug-likeness (QED) is 0.905. The molecule has 0 bridgehead atoms. The summed E-state index contributed by atoms with van der Waals surface area (Å²) < 4.78 is 1.08. The monoisotopic (exact) mass is 291 g/mol. The summed E-state index contributed by atoms with van der Waals surface area (Å²) in [7, 11) is 0. The van der Waals surface area contributed by atoms with Gasteiger partial charge in [0, 0.05) is 21.6 Å². The van der Waals surface area contributed by atoms with Gasteiger partial charge in [0.05, 0.1) is 5.69 Å². The Morgan fingerprint density at radius 1 is 1.41 bits per heavy atom. The van der Waals surface area contributed by atoms with E-state index >= 15 is 0 Å². The van der Waals surface area contributed by atoms with E-state index in [0.29, 0.717) is 6.04 Å². The molecule has 1 aliphatic carbocycles. The molecule has 4 heteroatoms. The highest BCUT2D eigenvalue weighted by molar-refractivity contribution is 9.10. The molecule has 0 amide bonds.